The third-order valence-electron chi connectivity index (χ3n) is 3.73. The number of hydrogen-bond donors (Lipinski definition) is 1. The molecule has 1 rings (SSSR count). The Kier molecular flexibility index (Phi) is 9.11. The van der Waals surface area contributed by atoms with Crippen molar-refractivity contribution in [2.75, 3.05) is 33.9 Å². The van der Waals surface area contributed by atoms with E-state index in [0.717, 1.165) is 37.8 Å². The van der Waals surface area contributed by atoms with E-state index in [1.54, 1.807) is 14.2 Å². The molecule has 0 heterocycles. The first kappa shape index (κ1) is 18.0. The van der Waals surface area contributed by atoms with Gasteiger partial charge in [-0.15, -0.1) is 0 Å². The summed E-state index contributed by atoms with van der Waals surface area (Å²) in [4.78, 5) is 0. The Morgan fingerprint density at radius 2 is 1.95 bits per heavy atom. The maximum atomic E-state index is 5.32. The number of methoxy groups -OCH3 is 2. The Morgan fingerprint density at radius 1 is 1.14 bits per heavy atom. The molecule has 1 aromatic carbocycles. The van der Waals surface area contributed by atoms with Crippen LogP contribution in [0.1, 0.15) is 32.3 Å². The first-order valence-electron chi connectivity index (χ1n) is 7.98. The topological polar surface area (TPSA) is 30.5 Å². The number of ether oxygens (including phenoxy) is 2. The van der Waals surface area contributed by atoms with Crippen molar-refractivity contribution in [3.63, 3.8) is 0 Å². The Hall–Kier alpha value is -1.06. The summed E-state index contributed by atoms with van der Waals surface area (Å²) in [7, 11) is 3.47. The molecular weight excluding hydrogens is 262 g/mol. The molecule has 0 radical (unpaired) electrons. The van der Waals surface area contributed by atoms with E-state index in [1.807, 2.05) is 6.07 Å². The Labute approximate surface area is 130 Å². The molecule has 0 saturated heterocycles. The first-order chi connectivity index (χ1) is 10.2. The predicted molar refractivity (Wildman–Crippen MR) is 89.0 cm³/mol. The van der Waals surface area contributed by atoms with Crippen LogP contribution in [0.2, 0.25) is 0 Å². The van der Waals surface area contributed by atoms with Crippen LogP contribution < -0.4 is 10.1 Å². The lowest BCUT2D eigenvalue weighted by Gasteiger charge is -2.19. The van der Waals surface area contributed by atoms with Crippen molar-refractivity contribution >= 4 is 0 Å². The summed E-state index contributed by atoms with van der Waals surface area (Å²) in [6.45, 7) is 7.33. The summed E-state index contributed by atoms with van der Waals surface area (Å²) >= 11 is 0. The lowest BCUT2D eigenvalue weighted by Crippen LogP contribution is -2.27. The van der Waals surface area contributed by atoms with Gasteiger partial charge >= 0.3 is 0 Å². The molecule has 1 atom stereocenters. The fraction of sp³-hybridized carbons (Fsp3) is 0.667. The van der Waals surface area contributed by atoms with Crippen molar-refractivity contribution in [2.24, 2.45) is 11.8 Å². The number of rotatable bonds is 11. The van der Waals surface area contributed by atoms with Crippen molar-refractivity contribution in [1.82, 2.24) is 5.32 Å². The number of nitrogens with one attached hydrogen (secondary N) is 1. The SMILES string of the molecule is COCCNCC(CCC(C)C)Cc1cccc(OC)c1. The quantitative estimate of drug-likeness (QED) is 0.633. The van der Waals surface area contributed by atoms with Crippen molar-refractivity contribution in [3.05, 3.63) is 29.8 Å². The Morgan fingerprint density at radius 3 is 2.62 bits per heavy atom. The zero-order valence-corrected chi connectivity index (χ0v) is 14.0. The van der Waals surface area contributed by atoms with Crippen LogP contribution in [0.5, 0.6) is 5.75 Å². The standard InChI is InChI=1S/C18H31NO2/c1-15(2)8-9-17(14-19-10-11-20-3)12-16-6-5-7-18(13-16)21-4/h5-7,13,15,17,19H,8-12,14H2,1-4H3. The molecule has 0 fully saturated rings. The van der Waals surface area contributed by atoms with Gasteiger partial charge in [0.05, 0.1) is 13.7 Å². The van der Waals surface area contributed by atoms with Crippen LogP contribution in [0.25, 0.3) is 0 Å². The van der Waals surface area contributed by atoms with Crippen LogP contribution in [-0.4, -0.2) is 33.9 Å². The van der Waals surface area contributed by atoms with Crippen molar-refractivity contribution < 1.29 is 9.47 Å². The summed E-state index contributed by atoms with van der Waals surface area (Å²) in [6.07, 6.45) is 3.64. The summed E-state index contributed by atoms with van der Waals surface area (Å²) in [5.41, 5.74) is 1.36. The van der Waals surface area contributed by atoms with Gasteiger partial charge in [-0.05, 0) is 48.9 Å². The van der Waals surface area contributed by atoms with Gasteiger partial charge in [0.2, 0.25) is 0 Å². The second-order valence-electron chi connectivity index (χ2n) is 6.09. The fourth-order valence-electron chi connectivity index (χ4n) is 2.46. The molecule has 0 saturated carbocycles. The van der Waals surface area contributed by atoms with Gasteiger partial charge in [0.1, 0.15) is 5.75 Å². The normalized spacial score (nSPS) is 12.6. The second kappa shape index (κ2) is 10.6. The van der Waals surface area contributed by atoms with Crippen LogP contribution in [0.4, 0.5) is 0 Å². The average Bonchev–Trinajstić information content (AvgIpc) is 2.49. The number of hydrogen-bond acceptors (Lipinski definition) is 3. The van der Waals surface area contributed by atoms with Crippen molar-refractivity contribution in [3.8, 4) is 5.75 Å². The molecule has 1 aromatic rings. The van der Waals surface area contributed by atoms with E-state index in [9.17, 15) is 0 Å². The highest BCUT2D eigenvalue weighted by Gasteiger charge is 2.11. The van der Waals surface area contributed by atoms with Crippen LogP contribution in [-0.2, 0) is 11.2 Å². The second-order valence-corrected chi connectivity index (χ2v) is 6.09. The molecule has 1 unspecified atom stereocenters. The van der Waals surface area contributed by atoms with Gasteiger partial charge in [-0.2, -0.15) is 0 Å². The molecule has 0 aliphatic heterocycles. The molecular formula is C18H31NO2. The van der Waals surface area contributed by atoms with Crippen molar-refractivity contribution in [1.29, 1.82) is 0 Å². The van der Waals surface area contributed by atoms with Crippen LogP contribution in [0.3, 0.4) is 0 Å². The largest absolute Gasteiger partial charge is 0.497 e. The average molecular weight is 293 g/mol. The van der Waals surface area contributed by atoms with Gasteiger partial charge in [-0.3, -0.25) is 0 Å². The Bertz CT molecular complexity index is 379. The minimum absolute atomic E-state index is 0.663. The molecule has 0 amide bonds. The number of benzene rings is 1. The molecule has 120 valence electrons. The van der Waals surface area contributed by atoms with Gasteiger partial charge in [0.25, 0.3) is 0 Å². The van der Waals surface area contributed by atoms with Crippen LogP contribution in [0.15, 0.2) is 24.3 Å². The molecule has 0 aliphatic rings. The third kappa shape index (κ3) is 8.08. The zero-order valence-electron chi connectivity index (χ0n) is 14.0. The minimum Gasteiger partial charge on any atom is -0.497 e. The molecule has 3 nitrogen and oxygen atoms in total. The zero-order chi connectivity index (χ0) is 15.5. The van der Waals surface area contributed by atoms with Crippen molar-refractivity contribution in [2.45, 2.75) is 33.1 Å². The van der Waals surface area contributed by atoms with E-state index in [0.29, 0.717) is 5.92 Å². The third-order valence-corrected chi connectivity index (χ3v) is 3.73. The fourth-order valence-corrected chi connectivity index (χ4v) is 2.46. The highest BCUT2D eigenvalue weighted by molar-refractivity contribution is 5.28. The highest BCUT2D eigenvalue weighted by Crippen LogP contribution is 2.20. The molecule has 21 heavy (non-hydrogen) atoms. The highest BCUT2D eigenvalue weighted by atomic mass is 16.5. The summed E-state index contributed by atoms with van der Waals surface area (Å²) in [5, 5.41) is 3.50. The van der Waals surface area contributed by atoms with Gasteiger partial charge < -0.3 is 14.8 Å². The van der Waals surface area contributed by atoms with E-state index >= 15 is 0 Å². The molecule has 0 spiro atoms. The maximum absolute atomic E-state index is 5.32. The summed E-state index contributed by atoms with van der Waals surface area (Å²) in [6, 6.07) is 8.42. The lowest BCUT2D eigenvalue weighted by atomic mass is 9.91. The van der Waals surface area contributed by atoms with Gasteiger partial charge in [0.15, 0.2) is 0 Å². The van der Waals surface area contributed by atoms with Gasteiger partial charge in [0, 0.05) is 13.7 Å². The van der Waals surface area contributed by atoms with Gasteiger partial charge in [-0.25, -0.2) is 0 Å². The smallest absolute Gasteiger partial charge is 0.119 e. The monoisotopic (exact) mass is 293 g/mol. The van der Waals surface area contributed by atoms with E-state index in [-0.39, 0.29) is 0 Å². The van der Waals surface area contributed by atoms with E-state index in [1.165, 1.54) is 18.4 Å². The van der Waals surface area contributed by atoms with Crippen LogP contribution in [0, 0.1) is 11.8 Å². The molecule has 1 N–H and O–H groups in total. The van der Waals surface area contributed by atoms with E-state index < -0.39 is 0 Å². The predicted octanol–water partition coefficient (Wildman–Crippen LogP) is 3.53. The molecule has 0 aromatic heterocycles. The molecule has 0 aliphatic carbocycles. The molecule has 3 heteroatoms. The van der Waals surface area contributed by atoms with Crippen LogP contribution >= 0.6 is 0 Å². The summed E-state index contributed by atoms with van der Waals surface area (Å²) < 4.78 is 10.4. The minimum atomic E-state index is 0.663. The first-order valence-corrected chi connectivity index (χ1v) is 7.98. The van der Waals surface area contributed by atoms with Gasteiger partial charge in [-0.1, -0.05) is 32.4 Å². The van der Waals surface area contributed by atoms with E-state index in [2.05, 4.69) is 37.4 Å². The Balaban J connectivity index is 2.52. The maximum Gasteiger partial charge on any atom is 0.119 e. The summed E-state index contributed by atoms with van der Waals surface area (Å²) in [5.74, 6) is 2.37. The lowest BCUT2D eigenvalue weighted by molar-refractivity contribution is 0.197. The van der Waals surface area contributed by atoms with E-state index in [4.69, 9.17) is 9.47 Å². The molecule has 0 bridgehead atoms.